The molecule has 3 nitrogen and oxygen atoms in total. The van der Waals surface area contributed by atoms with Crippen molar-refractivity contribution in [1.29, 1.82) is 0 Å². The van der Waals surface area contributed by atoms with Gasteiger partial charge in [-0.05, 0) is 45.4 Å². The Balaban J connectivity index is 2.87. The zero-order valence-electron chi connectivity index (χ0n) is 11.1. The van der Waals surface area contributed by atoms with Gasteiger partial charge in [0.1, 0.15) is 0 Å². The number of rotatable bonds is 3. The molecule has 0 saturated heterocycles. The number of esters is 1. The van der Waals surface area contributed by atoms with E-state index in [0.717, 1.165) is 6.42 Å². The molecular formula is C13H24O3. The average molecular weight is 228 g/mol. The minimum Gasteiger partial charge on any atom is -0.465 e. The van der Waals surface area contributed by atoms with Gasteiger partial charge in [0.25, 0.3) is 0 Å². The second-order valence-corrected chi connectivity index (χ2v) is 6.22. The molecule has 1 aliphatic carbocycles. The third-order valence-electron chi connectivity index (χ3n) is 3.94. The van der Waals surface area contributed by atoms with Crippen LogP contribution >= 0.6 is 0 Å². The molecule has 1 rings (SSSR count). The average Bonchev–Trinajstić information content (AvgIpc) is 2.42. The molecule has 94 valence electrons. The minimum absolute atomic E-state index is 0.110. The zero-order chi connectivity index (χ0) is 12.6. The van der Waals surface area contributed by atoms with Crippen LogP contribution in [-0.2, 0) is 9.53 Å². The van der Waals surface area contributed by atoms with E-state index in [9.17, 15) is 9.90 Å². The van der Waals surface area contributed by atoms with E-state index in [2.05, 4.69) is 13.8 Å². The molecule has 1 aliphatic rings. The van der Waals surface area contributed by atoms with Crippen LogP contribution < -0.4 is 0 Å². The van der Waals surface area contributed by atoms with Crippen LogP contribution in [0.3, 0.4) is 0 Å². The summed E-state index contributed by atoms with van der Waals surface area (Å²) in [4.78, 5) is 11.9. The molecule has 0 aromatic rings. The maximum atomic E-state index is 11.9. The molecule has 1 unspecified atom stereocenters. The Morgan fingerprint density at radius 1 is 1.38 bits per heavy atom. The van der Waals surface area contributed by atoms with E-state index in [4.69, 9.17) is 4.74 Å². The van der Waals surface area contributed by atoms with E-state index in [1.165, 1.54) is 0 Å². The predicted octanol–water partition coefficient (Wildman–Crippen LogP) is 2.52. The molecule has 0 aliphatic heterocycles. The third-order valence-corrected chi connectivity index (χ3v) is 3.94. The van der Waals surface area contributed by atoms with E-state index in [0.29, 0.717) is 19.4 Å². The summed E-state index contributed by atoms with van der Waals surface area (Å²) < 4.78 is 5.05. The summed E-state index contributed by atoms with van der Waals surface area (Å²) in [6, 6.07) is 0. The lowest BCUT2D eigenvalue weighted by molar-refractivity contribution is -0.171. The number of hydrogen-bond acceptors (Lipinski definition) is 3. The van der Waals surface area contributed by atoms with Gasteiger partial charge in [-0.2, -0.15) is 0 Å². The molecule has 3 heteroatoms. The van der Waals surface area contributed by atoms with E-state index in [1.54, 1.807) is 20.8 Å². The van der Waals surface area contributed by atoms with Crippen molar-refractivity contribution < 1.29 is 14.6 Å². The molecule has 0 aromatic carbocycles. The van der Waals surface area contributed by atoms with Crippen LogP contribution in [0, 0.1) is 10.8 Å². The Labute approximate surface area is 98.2 Å². The van der Waals surface area contributed by atoms with Crippen molar-refractivity contribution >= 4 is 5.97 Å². The standard InChI is InChI=1S/C13H24O3/c1-6-16-10(14)12(4,5)13(15)8-7-11(2,3)9-13/h15H,6-9H2,1-5H3. The monoisotopic (exact) mass is 228 g/mol. The summed E-state index contributed by atoms with van der Waals surface area (Å²) in [5, 5.41) is 10.7. The molecule has 1 fully saturated rings. The molecule has 0 bridgehead atoms. The first-order valence-electron chi connectivity index (χ1n) is 6.04. The Kier molecular flexibility index (Phi) is 3.39. The van der Waals surface area contributed by atoms with Crippen LogP contribution in [0.1, 0.15) is 53.9 Å². The lowest BCUT2D eigenvalue weighted by atomic mass is 9.72. The van der Waals surface area contributed by atoms with Crippen LogP contribution in [-0.4, -0.2) is 23.3 Å². The Morgan fingerprint density at radius 2 is 1.94 bits per heavy atom. The molecule has 1 atom stereocenters. The quantitative estimate of drug-likeness (QED) is 0.755. The lowest BCUT2D eigenvalue weighted by Gasteiger charge is -2.38. The number of carbonyl (C=O) groups excluding carboxylic acids is 1. The molecule has 16 heavy (non-hydrogen) atoms. The fourth-order valence-corrected chi connectivity index (χ4v) is 2.55. The fourth-order valence-electron chi connectivity index (χ4n) is 2.55. The van der Waals surface area contributed by atoms with Crippen molar-refractivity contribution in [1.82, 2.24) is 0 Å². The molecule has 1 N–H and O–H groups in total. The predicted molar refractivity (Wildman–Crippen MR) is 63.0 cm³/mol. The van der Waals surface area contributed by atoms with Gasteiger partial charge in [-0.25, -0.2) is 0 Å². The van der Waals surface area contributed by atoms with Crippen LogP contribution in [0.4, 0.5) is 0 Å². The van der Waals surface area contributed by atoms with Gasteiger partial charge in [0.05, 0.1) is 17.6 Å². The number of ether oxygens (including phenoxy) is 1. The summed E-state index contributed by atoms with van der Waals surface area (Å²) in [7, 11) is 0. The van der Waals surface area contributed by atoms with Gasteiger partial charge in [0.2, 0.25) is 0 Å². The highest BCUT2D eigenvalue weighted by Crippen LogP contribution is 2.51. The van der Waals surface area contributed by atoms with E-state index in [-0.39, 0.29) is 11.4 Å². The lowest BCUT2D eigenvalue weighted by Crippen LogP contribution is -2.49. The molecule has 0 aromatic heterocycles. The maximum absolute atomic E-state index is 11.9. The second kappa shape index (κ2) is 4.02. The van der Waals surface area contributed by atoms with E-state index >= 15 is 0 Å². The molecule has 0 amide bonds. The first-order valence-corrected chi connectivity index (χ1v) is 6.04. The summed E-state index contributed by atoms with van der Waals surface area (Å²) in [6.45, 7) is 9.98. The zero-order valence-corrected chi connectivity index (χ0v) is 11.1. The van der Waals surface area contributed by atoms with Crippen molar-refractivity contribution in [2.24, 2.45) is 10.8 Å². The van der Waals surface area contributed by atoms with Gasteiger partial charge in [0.15, 0.2) is 0 Å². The Morgan fingerprint density at radius 3 is 2.31 bits per heavy atom. The van der Waals surface area contributed by atoms with Crippen molar-refractivity contribution in [3.8, 4) is 0 Å². The highest BCUT2D eigenvalue weighted by atomic mass is 16.5. The Bertz CT molecular complexity index is 281. The molecule has 0 radical (unpaired) electrons. The molecule has 0 heterocycles. The summed E-state index contributed by atoms with van der Waals surface area (Å²) in [5.41, 5.74) is -1.64. The topological polar surface area (TPSA) is 46.5 Å². The largest absolute Gasteiger partial charge is 0.465 e. The first kappa shape index (κ1) is 13.5. The normalized spacial score (nSPS) is 29.1. The number of aliphatic hydroxyl groups is 1. The van der Waals surface area contributed by atoms with Gasteiger partial charge in [-0.1, -0.05) is 13.8 Å². The maximum Gasteiger partial charge on any atom is 0.314 e. The van der Waals surface area contributed by atoms with Crippen LogP contribution in [0.15, 0.2) is 0 Å². The molecular weight excluding hydrogens is 204 g/mol. The van der Waals surface area contributed by atoms with Crippen molar-refractivity contribution in [2.75, 3.05) is 6.61 Å². The highest BCUT2D eigenvalue weighted by Gasteiger charge is 2.55. The summed E-state index contributed by atoms with van der Waals surface area (Å²) in [5.74, 6) is -0.296. The van der Waals surface area contributed by atoms with Crippen LogP contribution in [0.2, 0.25) is 0 Å². The number of carbonyl (C=O) groups is 1. The summed E-state index contributed by atoms with van der Waals surface area (Å²) in [6.07, 6.45) is 2.28. The molecule has 1 saturated carbocycles. The number of hydrogen-bond donors (Lipinski definition) is 1. The van der Waals surface area contributed by atoms with Crippen molar-refractivity contribution in [3.05, 3.63) is 0 Å². The van der Waals surface area contributed by atoms with Crippen LogP contribution in [0.5, 0.6) is 0 Å². The van der Waals surface area contributed by atoms with Crippen LogP contribution in [0.25, 0.3) is 0 Å². The van der Waals surface area contributed by atoms with Gasteiger partial charge in [0, 0.05) is 0 Å². The van der Waals surface area contributed by atoms with Gasteiger partial charge in [-0.3, -0.25) is 4.79 Å². The molecule has 0 spiro atoms. The van der Waals surface area contributed by atoms with E-state index < -0.39 is 11.0 Å². The Hall–Kier alpha value is -0.570. The minimum atomic E-state index is -0.928. The highest BCUT2D eigenvalue weighted by molar-refractivity contribution is 5.77. The smallest absolute Gasteiger partial charge is 0.314 e. The third kappa shape index (κ3) is 2.24. The second-order valence-electron chi connectivity index (χ2n) is 6.22. The van der Waals surface area contributed by atoms with Gasteiger partial charge < -0.3 is 9.84 Å². The SMILES string of the molecule is CCOC(=O)C(C)(C)C1(O)CCC(C)(C)C1. The van der Waals surface area contributed by atoms with Gasteiger partial charge >= 0.3 is 5.97 Å². The van der Waals surface area contributed by atoms with Crippen molar-refractivity contribution in [3.63, 3.8) is 0 Å². The summed E-state index contributed by atoms with van der Waals surface area (Å²) >= 11 is 0. The van der Waals surface area contributed by atoms with Crippen molar-refractivity contribution in [2.45, 2.75) is 59.5 Å². The first-order chi connectivity index (χ1) is 7.15. The van der Waals surface area contributed by atoms with E-state index in [1.807, 2.05) is 0 Å². The van der Waals surface area contributed by atoms with Gasteiger partial charge in [-0.15, -0.1) is 0 Å². The fraction of sp³-hybridized carbons (Fsp3) is 0.923.